The highest BCUT2D eigenvalue weighted by molar-refractivity contribution is 5.37. The average Bonchev–Trinajstić information content (AvgIpc) is 2.39. The fraction of sp³-hybridized carbons (Fsp3) is 0.625. The Morgan fingerprint density at radius 1 is 1.12 bits per heavy atom. The Bertz CT molecular complexity index is 385. The monoisotopic (exact) mass is 229 g/mol. The smallest absolute Gasteiger partial charge is 0.0325 e. The first-order valence-electron chi connectivity index (χ1n) is 7.25. The third-order valence-corrected chi connectivity index (χ3v) is 4.53. The van der Waals surface area contributed by atoms with Gasteiger partial charge in [-0.2, -0.15) is 0 Å². The van der Waals surface area contributed by atoms with E-state index in [4.69, 9.17) is 0 Å². The summed E-state index contributed by atoms with van der Waals surface area (Å²) in [5, 5.41) is 3.91. The molecule has 1 saturated carbocycles. The summed E-state index contributed by atoms with van der Waals surface area (Å²) in [7, 11) is 0. The largest absolute Gasteiger partial charge is 0.307 e. The zero-order valence-corrected chi connectivity index (χ0v) is 10.8. The maximum Gasteiger partial charge on any atom is 0.0325 e. The maximum absolute atomic E-state index is 3.91. The third-order valence-electron chi connectivity index (χ3n) is 4.53. The molecule has 3 rings (SSSR count). The van der Waals surface area contributed by atoms with Crippen LogP contribution >= 0.6 is 0 Å². The van der Waals surface area contributed by atoms with Gasteiger partial charge in [-0.1, -0.05) is 50.5 Å². The van der Waals surface area contributed by atoms with Crippen LogP contribution in [0.3, 0.4) is 0 Å². The standard InChI is InChI=1S/C16H23N/c1-2-7-15-13-9-4-3-8-12(13)14-10-5-6-11-16(14)17-15/h3-4,8-9,14-17H,2,5-7,10-11H2,1H3. The first-order valence-corrected chi connectivity index (χ1v) is 7.25. The molecule has 1 aromatic rings. The minimum absolute atomic E-state index is 0.607. The summed E-state index contributed by atoms with van der Waals surface area (Å²) < 4.78 is 0. The summed E-state index contributed by atoms with van der Waals surface area (Å²) in [6.07, 6.45) is 8.13. The Labute approximate surface area is 105 Å². The number of rotatable bonds is 2. The predicted octanol–water partition coefficient (Wildman–Crippen LogP) is 4.16. The molecule has 1 aromatic carbocycles. The number of hydrogen-bond acceptors (Lipinski definition) is 1. The lowest BCUT2D eigenvalue weighted by molar-refractivity contribution is 0.269. The number of benzene rings is 1. The van der Waals surface area contributed by atoms with E-state index in [1.165, 1.54) is 38.5 Å². The summed E-state index contributed by atoms with van der Waals surface area (Å²) in [5.41, 5.74) is 3.23. The Kier molecular flexibility index (Phi) is 3.19. The van der Waals surface area contributed by atoms with Gasteiger partial charge in [0.05, 0.1) is 0 Å². The van der Waals surface area contributed by atoms with Crippen molar-refractivity contribution in [3.8, 4) is 0 Å². The lowest BCUT2D eigenvalue weighted by atomic mass is 9.73. The topological polar surface area (TPSA) is 12.0 Å². The van der Waals surface area contributed by atoms with Crippen LogP contribution in [0.5, 0.6) is 0 Å². The molecule has 1 heteroatoms. The molecular formula is C16H23N. The van der Waals surface area contributed by atoms with E-state index in [0.29, 0.717) is 6.04 Å². The van der Waals surface area contributed by atoms with Gasteiger partial charge >= 0.3 is 0 Å². The minimum Gasteiger partial charge on any atom is -0.307 e. The van der Waals surface area contributed by atoms with Gasteiger partial charge in [0.1, 0.15) is 0 Å². The van der Waals surface area contributed by atoms with E-state index >= 15 is 0 Å². The van der Waals surface area contributed by atoms with Crippen molar-refractivity contribution in [2.75, 3.05) is 0 Å². The van der Waals surface area contributed by atoms with E-state index in [-0.39, 0.29) is 0 Å². The molecule has 1 aliphatic heterocycles. The Hall–Kier alpha value is -0.820. The fourth-order valence-electron chi connectivity index (χ4n) is 3.74. The Balaban J connectivity index is 1.96. The Morgan fingerprint density at radius 3 is 2.71 bits per heavy atom. The van der Waals surface area contributed by atoms with Crippen LogP contribution in [0.2, 0.25) is 0 Å². The minimum atomic E-state index is 0.607. The van der Waals surface area contributed by atoms with Crippen LogP contribution in [0.4, 0.5) is 0 Å². The van der Waals surface area contributed by atoms with Crippen molar-refractivity contribution < 1.29 is 0 Å². The van der Waals surface area contributed by atoms with Gasteiger partial charge in [-0.3, -0.25) is 0 Å². The first kappa shape index (κ1) is 11.3. The predicted molar refractivity (Wildman–Crippen MR) is 72.2 cm³/mol. The molecule has 1 aliphatic carbocycles. The van der Waals surface area contributed by atoms with Crippen molar-refractivity contribution in [2.45, 2.75) is 63.5 Å². The van der Waals surface area contributed by atoms with E-state index in [1.807, 2.05) is 0 Å². The maximum atomic E-state index is 3.91. The van der Waals surface area contributed by atoms with Crippen LogP contribution in [0, 0.1) is 0 Å². The van der Waals surface area contributed by atoms with E-state index < -0.39 is 0 Å². The van der Waals surface area contributed by atoms with Crippen molar-refractivity contribution in [3.63, 3.8) is 0 Å². The summed E-state index contributed by atoms with van der Waals surface area (Å²) in [6, 6.07) is 10.5. The number of hydrogen-bond donors (Lipinski definition) is 1. The molecule has 0 radical (unpaired) electrons. The quantitative estimate of drug-likeness (QED) is 0.803. The van der Waals surface area contributed by atoms with Crippen molar-refractivity contribution in [1.29, 1.82) is 0 Å². The molecule has 17 heavy (non-hydrogen) atoms. The van der Waals surface area contributed by atoms with Crippen molar-refractivity contribution >= 4 is 0 Å². The van der Waals surface area contributed by atoms with E-state index in [9.17, 15) is 0 Å². The normalized spacial score (nSPS) is 31.7. The second kappa shape index (κ2) is 4.81. The van der Waals surface area contributed by atoms with Gasteiger partial charge < -0.3 is 5.32 Å². The summed E-state index contributed by atoms with van der Waals surface area (Å²) in [6.45, 7) is 2.29. The molecule has 1 nitrogen and oxygen atoms in total. The number of fused-ring (bicyclic) bond motifs is 3. The van der Waals surface area contributed by atoms with Crippen LogP contribution in [-0.4, -0.2) is 6.04 Å². The van der Waals surface area contributed by atoms with Gasteiger partial charge in [-0.25, -0.2) is 0 Å². The van der Waals surface area contributed by atoms with Gasteiger partial charge in [0, 0.05) is 12.1 Å². The zero-order valence-electron chi connectivity index (χ0n) is 10.8. The fourth-order valence-corrected chi connectivity index (χ4v) is 3.74. The first-order chi connectivity index (χ1) is 8.40. The molecular weight excluding hydrogens is 206 g/mol. The van der Waals surface area contributed by atoms with Crippen molar-refractivity contribution in [3.05, 3.63) is 35.4 Å². The second-order valence-electron chi connectivity index (χ2n) is 5.63. The van der Waals surface area contributed by atoms with Crippen LogP contribution in [0.25, 0.3) is 0 Å². The Morgan fingerprint density at radius 2 is 1.88 bits per heavy atom. The van der Waals surface area contributed by atoms with Crippen LogP contribution in [0.15, 0.2) is 24.3 Å². The van der Waals surface area contributed by atoms with Crippen LogP contribution in [0.1, 0.15) is 68.5 Å². The molecule has 0 bridgehead atoms. The van der Waals surface area contributed by atoms with E-state index in [1.54, 1.807) is 11.1 Å². The van der Waals surface area contributed by atoms with E-state index in [2.05, 4.69) is 36.5 Å². The molecule has 2 aliphatic rings. The molecule has 1 N–H and O–H groups in total. The summed E-state index contributed by atoms with van der Waals surface area (Å²) in [5.74, 6) is 0.785. The SMILES string of the molecule is CCCC1NC2CCCCC2c2ccccc21. The highest BCUT2D eigenvalue weighted by Gasteiger charge is 2.34. The molecule has 92 valence electrons. The molecule has 0 saturated heterocycles. The molecule has 0 spiro atoms. The van der Waals surface area contributed by atoms with Crippen LogP contribution < -0.4 is 5.32 Å². The highest BCUT2D eigenvalue weighted by Crippen LogP contribution is 2.42. The molecule has 0 amide bonds. The zero-order chi connectivity index (χ0) is 11.7. The highest BCUT2D eigenvalue weighted by atomic mass is 15.0. The second-order valence-corrected chi connectivity index (χ2v) is 5.63. The van der Waals surface area contributed by atoms with Gasteiger partial charge in [-0.15, -0.1) is 0 Å². The molecule has 3 unspecified atom stereocenters. The van der Waals surface area contributed by atoms with Crippen molar-refractivity contribution in [1.82, 2.24) is 5.32 Å². The molecule has 3 atom stereocenters. The third kappa shape index (κ3) is 2.01. The van der Waals surface area contributed by atoms with Crippen molar-refractivity contribution in [2.24, 2.45) is 0 Å². The lowest BCUT2D eigenvalue weighted by Crippen LogP contribution is -2.44. The summed E-state index contributed by atoms with van der Waals surface area (Å²) >= 11 is 0. The summed E-state index contributed by atoms with van der Waals surface area (Å²) in [4.78, 5) is 0. The van der Waals surface area contributed by atoms with Crippen LogP contribution in [-0.2, 0) is 0 Å². The van der Waals surface area contributed by atoms with Gasteiger partial charge in [-0.05, 0) is 36.3 Å². The van der Waals surface area contributed by atoms with Gasteiger partial charge in [0.15, 0.2) is 0 Å². The van der Waals surface area contributed by atoms with E-state index in [0.717, 1.165) is 12.0 Å². The lowest BCUT2D eigenvalue weighted by Gasteiger charge is -2.42. The van der Waals surface area contributed by atoms with Gasteiger partial charge in [0.25, 0.3) is 0 Å². The molecule has 0 aromatic heterocycles. The average molecular weight is 229 g/mol. The molecule has 1 fully saturated rings. The molecule has 1 heterocycles. The number of nitrogens with one attached hydrogen (secondary N) is 1. The van der Waals surface area contributed by atoms with Gasteiger partial charge in [0.2, 0.25) is 0 Å².